The summed E-state index contributed by atoms with van der Waals surface area (Å²) in [5, 5.41) is 12.5. The standard InChI is InChI=1S/C18H20FN3/c1-17(2,14-3-5-15(19)6-4-14)18(7-8-18)22-12-13-9-16(10-20)21-11-13/h3-6,9,11,21-22H,7-8,12H2,1-2H3. The molecule has 0 saturated heterocycles. The van der Waals surface area contributed by atoms with Crippen LogP contribution >= 0.6 is 0 Å². The zero-order valence-corrected chi connectivity index (χ0v) is 12.9. The van der Waals surface area contributed by atoms with E-state index < -0.39 is 0 Å². The van der Waals surface area contributed by atoms with Crippen molar-refractivity contribution < 1.29 is 4.39 Å². The number of hydrogen-bond donors (Lipinski definition) is 2. The maximum atomic E-state index is 13.1. The molecule has 1 saturated carbocycles. The van der Waals surface area contributed by atoms with Gasteiger partial charge in [0.1, 0.15) is 17.6 Å². The van der Waals surface area contributed by atoms with Crippen LogP contribution in [0.15, 0.2) is 36.5 Å². The fraction of sp³-hybridized carbons (Fsp3) is 0.389. The summed E-state index contributed by atoms with van der Waals surface area (Å²) in [6.45, 7) is 5.14. The number of hydrogen-bond acceptors (Lipinski definition) is 2. The van der Waals surface area contributed by atoms with Gasteiger partial charge in [-0.05, 0) is 42.2 Å². The van der Waals surface area contributed by atoms with Crippen LogP contribution < -0.4 is 5.32 Å². The second-order valence-corrected chi connectivity index (χ2v) is 6.60. The molecule has 1 heterocycles. The van der Waals surface area contributed by atoms with Crippen LogP contribution in [0.5, 0.6) is 0 Å². The number of nitriles is 1. The van der Waals surface area contributed by atoms with E-state index in [2.05, 4.69) is 30.2 Å². The average molecular weight is 297 g/mol. The molecule has 0 radical (unpaired) electrons. The predicted molar refractivity (Wildman–Crippen MR) is 83.7 cm³/mol. The normalized spacial score (nSPS) is 16.3. The minimum absolute atomic E-state index is 0.0366. The Balaban J connectivity index is 1.74. The second kappa shape index (κ2) is 5.26. The van der Waals surface area contributed by atoms with Crippen LogP contribution in [-0.2, 0) is 12.0 Å². The van der Waals surface area contributed by atoms with E-state index in [9.17, 15) is 4.39 Å². The van der Waals surface area contributed by atoms with Crippen molar-refractivity contribution in [3.63, 3.8) is 0 Å². The van der Waals surface area contributed by atoms with Crippen LogP contribution in [0, 0.1) is 17.1 Å². The van der Waals surface area contributed by atoms with E-state index in [1.165, 1.54) is 12.1 Å². The summed E-state index contributed by atoms with van der Waals surface area (Å²) in [7, 11) is 0. The predicted octanol–water partition coefficient (Wildman–Crippen LogP) is 3.63. The van der Waals surface area contributed by atoms with Gasteiger partial charge in [0.2, 0.25) is 0 Å². The molecule has 1 aliphatic rings. The van der Waals surface area contributed by atoms with E-state index in [1.54, 1.807) is 0 Å². The topological polar surface area (TPSA) is 51.6 Å². The van der Waals surface area contributed by atoms with Crippen molar-refractivity contribution in [2.24, 2.45) is 0 Å². The van der Waals surface area contributed by atoms with Gasteiger partial charge in [0.05, 0.1) is 0 Å². The Morgan fingerprint density at radius 3 is 2.55 bits per heavy atom. The van der Waals surface area contributed by atoms with Gasteiger partial charge >= 0.3 is 0 Å². The molecule has 114 valence electrons. The molecular weight excluding hydrogens is 277 g/mol. The summed E-state index contributed by atoms with van der Waals surface area (Å²) >= 11 is 0. The molecule has 3 rings (SSSR count). The number of rotatable bonds is 5. The van der Waals surface area contributed by atoms with Crippen LogP contribution in [0.1, 0.15) is 43.5 Å². The van der Waals surface area contributed by atoms with Crippen molar-refractivity contribution in [1.29, 1.82) is 5.26 Å². The molecule has 3 nitrogen and oxygen atoms in total. The first-order valence-corrected chi connectivity index (χ1v) is 7.55. The number of nitrogens with one attached hydrogen (secondary N) is 2. The van der Waals surface area contributed by atoms with E-state index in [0.29, 0.717) is 5.69 Å². The zero-order chi connectivity index (χ0) is 15.8. The number of nitrogens with zero attached hydrogens (tertiary/aromatic N) is 1. The Morgan fingerprint density at radius 2 is 2.00 bits per heavy atom. The highest BCUT2D eigenvalue weighted by atomic mass is 19.1. The molecule has 1 aromatic heterocycles. The van der Waals surface area contributed by atoms with Crippen molar-refractivity contribution in [2.75, 3.05) is 0 Å². The molecule has 0 aliphatic heterocycles. The average Bonchev–Trinajstić information content (AvgIpc) is 3.18. The van der Waals surface area contributed by atoms with Gasteiger partial charge in [0, 0.05) is 23.7 Å². The third-order valence-electron chi connectivity index (χ3n) is 5.01. The molecule has 22 heavy (non-hydrogen) atoms. The highest BCUT2D eigenvalue weighted by Gasteiger charge is 2.54. The first-order chi connectivity index (χ1) is 10.5. The van der Waals surface area contributed by atoms with Gasteiger partial charge in [-0.3, -0.25) is 0 Å². The minimum atomic E-state index is -0.200. The second-order valence-electron chi connectivity index (χ2n) is 6.60. The van der Waals surface area contributed by atoms with Crippen LogP contribution in [0.25, 0.3) is 0 Å². The van der Waals surface area contributed by atoms with Crippen molar-refractivity contribution in [3.05, 3.63) is 59.2 Å². The van der Waals surface area contributed by atoms with Gasteiger partial charge in [-0.1, -0.05) is 26.0 Å². The molecule has 1 aromatic carbocycles. The number of halogens is 1. The lowest BCUT2D eigenvalue weighted by Crippen LogP contribution is -2.47. The quantitative estimate of drug-likeness (QED) is 0.885. The lowest BCUT2D eigenvalue weighted by atomic mass is 9.75. The minimum Gasteiger partial charge on any atom is -0.353 e. The van der Waals surface area contributed by atoms with Gasteiger partial charge in [-0.15, -0.1) is 0 Å². The maximum Gasteiger partial charge on any atom is 0.123 e. The van der Waals surface area contributed by atoms with Crippen molar-refractivity contribution in [2.45, 2.75) is 44.2 Å². The molecule has 0 unspecified atom stereocenters. The molecule has 2 aromatic rings. The van der Waals surface area contributed by atoms with E-state index >= 15 is 0 Å². The van der Waals surface area contributed by atoms with Crippen LogP contribution in [-0.4, -0.2) is 10.5 Å². The summed E-state index contributed by atoms with van der Waals surface area (Å²) in [6, 6.07) is 10.8. The van der Waals surface area contributed by atoms with E-state index in [0.717, 1.165) is 30.5 Å². The summed E-state index contributed by atoms with van der Waals surface area (Å²) in [5.41, 5.74) is 2.77. The third kappa shape index (κ3) is 2.53. The van der Waals surface area contributed by atoms with Crippen LogP contribution in [0.3, 0.4) is 0 Å². The Hall–Kier alpha value is -2.12. The molecule has 0 amide bonds. The smallest absolute Gasteiger partial charge is 0.123 e. The Morgan fingerprint density at radius 1 is 1.32 bits per heavy atom. The maximum absolute atomic E-state index is 13.1. The molecule has 1 aliphatic carbocycles. The molecule has 4 heteroatoms. The number of benzene rings is 1. The lowest BCUT2D eigenvalue weighted by molar-refractivity contribution is 0.316. The fourth-order valence-electron chi connectivity index (χ4n) is 3.17. The first-order valence-electron chi connectivity index (χ1n) is 7.55. The summed E-state index contributed by atoms with van der Waals surface area (Å²) < 4.78 is 13.1. The van der Waals surface area contributed by atoms with Crippen molar-refractivity contribution in [1.82, 2.24) is 10.3 Å². The molecular formula is C18H20FN3. The number of aromatic amines is 1. The van der Waals surface area contributed by atoms with E-state index in [4.69, 9.17) is 5.26 Å². The van der Waals surface area contributed by atoms with Gasteiger partial charge in [0.15, 0.2) is 0 Å². The van der Waals surface area contributed by atoms with Gasteiger partial charge < -0.3 is 10.3 Å². The monoisotopic (exact) mass is 297 g/mol. The number of H-pyrrole nitrogens is 1. The summed E-state index contributed by atoms with van der Waals surface area (Å²) in [6.07, 6.45) is 4.08. The zero-order valence-electron chi connectivity index (χ0n) is 12.9. The Labute approximate surface area is 130 Å². The van der Waals surface area contributed by atoms with Crippen molar-refractivity contribution >= 4 is 0 Å². The highest BCUT2D eigenvalue weighted by molar-refractivity contribution is 5.34. The molecule has 2 N–H and O–H groups in total. The van der Waals surface area contributed by atoms with Gasteiger partial charge in [-0.2, -0.15) is 5.26 Å². The Kier molecular flexibility index (Phi) is 3.54. The van der Waals surface area contributed by atoms with Crippen molar-refractivity contribution in [3.8, 4) is 6.07 Å². The van der Waals surface area contributed by atoms with Crippen LogP contribution in [0.2, 0.25) is 0 Å². The summed E-state index contributed by atoms with van der Waals surface area (Å²) in [4.78, 5) is 2.95. The highest BCUT2D eigenvalue weighted by Crippen LogP contribution is 2.51. The third-order valence-corrected chi connectivity index (χ3v) is 5.01. The summed E-state index contributed by atoms with van der Waals surface area (Å²) in [5.74, 6) is -0.200. The molecule has 0 atom stereocenters. The molecule has 0 spiro atoms. The van der Waals surface area contributed by atoms with Gasteiger partial charge in [-0.25, -0.2) is 4.39 Å². The van der Waals surface area contributed by atoms with E-state index in [1.807, 2.05) is 24.4 Å². The largest absolute Gasteiger partial charge is 0.353 e. The Bertz CT molecular complexity index is 703. The van der Waals surface area contributed by atoms with Crippen LogP contribution in [0.4, 0.5) is 4.39 Å². The van der Waals surface area contributed by atoms with E-state index in [-0.39, 0.29) is 16.8 Å². The SMILES string of the molecule is CC(C)(c1ccc(F)cc1)C1(NCc2c[nH]c(C#N)c2)CC1. The number of aromatic nitrogens is 1. The molecule has 1 fully saturated rings. The first kappa shape index (κ1) is 14.8. The van der Waals surface area contributed by atoms with Gasteiger partial charge in [0.25, 0.3) is 0 Å². The molecule has 0 bridgehead atoms. The lowest BCUT2D eigenvalue weighted by Gasteiger charge is -2.36. The fourth-order valence-corrected chi connectivity index (χ4v) is 3.17.